The maximum Gasteiger partial charge on any atom is 0.0655 e. The molecule has 0 spiro atoms. The fourth-order valence-electron chi connectivity index (χ4n) is 1.55. The highest BCUT2D eigenvalue weighted by atomic mass is 14.3. The normalized spacial score (nSPS) is 35.6. The summed E-state index contributed by atoms with van der Waals surface area (Å²) in [6, 6.07) is 2.33. The quantitative estimate of drug-likeness (QED) is 0.485. The summed E-state index contributed by atoms with van der Waals surface area (Å²) in [4.78, 5) is 0. The van der Waals surface area contributed by atoms with Crippen LogP contribution in [0.5, 0.6) is 0 Å². The molecule has 0 amide bonds. The first-order valence-electron chi connectivity index (χ1n) is 3.72. The van der Waals surface area contributed by atoms with Crippen molar-refractivity contribution in [2.75, 3.05) is 0 Å². The van der Waals surface area contributed by atoms with Crippen LogP contribution in [0.2, 0.25) is 0 Å². The van der Waals surface area contributed by atoms with Gasteiger partial charge in [0.2, 0.25) is 0 Å². The molecule has 50 valence electrons. The van der Waals surface area contributed by atoms with Crippen molar-refractivity contribution in [1.82, 2.24) is 0 Å². The maximum atomic E-state index is 8.56. The van der Waals surface area contributed by atoms with Crippen molar-refractivity contribution < 1.29 is 0 Å². The molecule has 2 atom stereocenters. The number of nitriles is 1. The molecule has 1 saturated carbocycles. The summed E-state index contributed by atoms with van der Waals surface area (Å²) in [6.45, 7) is 2.24. The number of hydrogen-bond donors (Lipinski definition) is 0. The van der Waals surface area contributed by atoms with Gasteiger partial charge in [0, 0.05) is 5.92 Å². The Kier molecular flexibility index (Phi) is 2.10. The Balaban J connectivity index is 2.34. The molecule has 0 bridgehead atoms. The Hall–Kier alpha value is -0.510. The second kappa shape index (κ2) is 2.87. The highest BCUT2D eigenvalue weighted by molar-refractivity contribution is 4.86. The molecule has 1 rings (SSSR count). The van der Waals surface area contributed by atoms with E-state index >= 15 is 0 Å². The van der Waals surface area contributed by atoms with E-state index in [1.165, 1.54) is 12.8 Å². The van der Waals surface area contributed by atoms with Gasteiger partial charge in [0.1, 0.15) is 0 Å². The standard InChI is InChI=1S/C8H13N/c1-7-3-2-4-8(5-7)6-9/h7-8H,2-5H2,1H3/t7-,8-/m1/s1. The Labute approximate surface area is 56.7 Å². The third-order valence-corrected chi connectivity index (χ3v) is 2.12. The van der Waals surface area contributed by atoms with Gasteiger partial charge in [-0.1, -0.05) is 19.8 Å². The van der Waals surface area contributed by atoms with Crippen LogP contribution < -0.4 is 0 Å². The van der Waals surface area contributed by atoms with Crippen LogP contribution >= 0.6 is 0 Å². The molecule has 1 fully saturated rings. The van der Waals surface area contributed by atoms with Crippen molar-refractivity contribution in [1.29, 1.82) is 5.26 Å². The first-order chi connectivity index (χ1) is 4.33. The van der Waals surface area contributed by atoms with Crippen molar-refractivity contribution >= 4 is 0 Å². The molecule has 1 aliphatic rings. The molecule has 0 N–H and O–H groups in total. The van der Waals surface area contributed by atoms with Gasteiger partial charge in [-0.25, -0.2) is 0 Å². The Morgan fingerprint density at radius 1 is 1.44 bits per heavy atom. The minimum atomic E-state index is 0.369. The van der Waals surface area contributed by atoms with Crippen molar-refractivity contribution in [2.45, 2.75) is 32.6 Å². The maximum absolute atomic E-state index is 8.56. The van der Waals surface area contributed by atoms with Crippen LogP contribution in [0.1, 0.15) is 32.6 Å². The average molecular weight is 123 g/mol. The van der Waals surface area contributed by atoms with E-state index in [2.05, 4.69) is 13.0 Å². The molecule has 0 heterocycles. The van der Waals surface area contributed by atoms with E-state index < -0.39 is 0 Å². The largest absolute Gasteiger partial charge is 0.198 e. The topological polar surface area (TPSA) is 23.8 Å². The zero-order chi connectivity index (χ0) is 6.69. The monoisotopic (exact) mass is 123 g/mol. The van der Waals surface area contributed by atoms with E-state index in [1.54, 1.807) is 0 Å². The SMILES string of the molecule is C[C@@H]1CCC[C@@H](C#N)C1. The molecule has 0 aromatic rings. The van der Waals surface area contributed by atoms with E-state index in [1.807, 2.05) is 0 Å². The first-order valence-corrected chi connectivity index (χ1v) is 3.72. The van der Waals surface area contributed by atoms with Crippen LogP contribution in [0.3, 0.4) is 0 Å². The van der Waals surface area contributed by atoms with Gasteiger partial charge in [0.25, 0.3) is 0 Å². The number of hydrogen-bond acceptors (Lipinski definition) is 1. The van der Waals surface area contributed by atoms with Gasteiger partial charge in [-0.3, -0.25) is 0 Å². The van der Waals surface area contributed by atoms with Crippen molar-refractivity contribution in [2.24, 2.45) is 11.8 Å². The third kappa shape index (κ3) is 1.71. The van der Waals surface area contributed by atoms with Crippen molar-refractivity contribution in [3.8, 4) is 6.07 Å². The van der Waals surface area contributed by atoms with Gasteiger partial charge in [-0.15, -0.1) is 0 Å². The fourth-order valence-corrected chi connectivity index (χ4v) is 1.55. The predicted molar refractivity (Wildman–Crippen MR) is 36.7 cm³/mol. The molecular weight excluding hydrogens is 110 g/mol. The second-order valence-electron chi connectivity index (χ2n) is 3.10. The van der Waals surface area contributed by atoms with Gasteiger partial charge in [-0.05, 0) is 18.8 Å². The Bertz CT molecular complexity index is 123. The van der Waals surface area contributed by atoms with Crippen LogP contribution in [-0.4, -0.2) is 0 Å². The summed E-state index contributed by atoms with van der Waals surface area (Å²) in [7, 11) is 0. The Morgan fingerprint density at radius 2 is 2.22 bits per heavy atom. The summed E-state index contributed by atoms with van der Waals surface area (Å²) >= 11 is 0. The molecule has 0 saturated heterocycles. The van der Waals surface area contributed by atoms with Crippen molar-refractivity contribution in [3.63, 3.8) is 0 Å². The van der Waals surface area contributed by atoms with Gasteiger partial charge < -0.3 is 0 Å². The number of rotatable bonds is 0. The average Bonchev–Trinajstić information content (AvgIpc) is 1.88. The van der Waals surface area contributed by atoms with E-state index in [-0.39, 0.29) is 0 Å². The number of nitrogens with zero attached hydrogens (tertiary/aromatic N) is 1. The van der Waals surface area contributed by atoms with Gasteiger partial charge in [0.05, 0.1) is 6.07 Å². The molecule has 0 aromatic carbocycles. The zero-order valence-electron chi connectivity index (χ0n) is 5.93. The van der Waals surface area contributed by atoms with Crippen LogP contribution in [0, 0.1) is 23.2 Å². The van der Waals surface area contributed by atoms with Crippen molar-refractivity contribution in [3.05, 3.63) is 0 Å². The fraction of sp³-hybridized carbons (Fsp3) is 0.875. The molecule has 0 aromatic heterocycles. The van der Waals surface area contributed by atoms with Gasteiger partial charge >= 0.3 is 0 Å². The summed E-state index contributed by atoms with van der Waals surface area (Å²) in [5.74, 6) is 1.16. The zero-order valence-corrected chi connectivity index (χ0v) is 5.93. The third-order valence-electron chi connectivity index (χ3n) is 2.12. The van der Waals surface area contributed by atoms with E-state index in [0.717, 1.165) is 18.8 Å². The minimum Gasteiger partial charge on any atom is -0.198 e. The van der Waals surface area contributed by atoms with E-state index in [4.69, 9.17) is 5.26 Å². The molecule has 1 nitrogen and oxygen atoms in total. The molecule has 1 aliphatic carbocycles. The molecule has 9 heavy (non-hydrogen) atoms. The highest BCUT2D eigenvalue weighted by Gasteiger charge is 2.17. The second-order valence-corrected chi connectivity index (χ2v) is 3.10. The van der Waals surface area contributed by atoms with Gasteiger partial charge in [0.15, 0.2) is 0 Å². The smallest absolute Gasteiger partial charge is 0.0655 e. The highest BCUT2D eigenvalue weighted by Crippen LogP contribution is 2.27. The van der Waals surface area contributed by atoms with E-state index in [0.29, 0.717) is 5.92 Å². The van der Waals surface area contributed by atoms with Crippen LogP contribution in [0.25, 0.3) is 0 Å². The van der Waals surface area contributed by atoms with Crippen LogP contribution in [-0.2, 0) is 0 Å². The van der Waals surface area contributed by atoms with Crippen LogP contribution in [0.4, 0.5) is 0 Å². The lowest BCUT2D eigenvalue weighted by molar-refractivity contribution is 0.331. The summed E-state index contributed by atoms with van der Waals surface area (Å²) < 4.78 is 0. The lowest BCUT2D eigenvalue weighted by Crippen LogP contribution is -2.10. The molecular formula is C8H13N. The minimum absolute atomic E-state index is 0.369. The molecule has 0 unspecified atom stereocenters. The lowest BCUT2D eigenvalue weighted by atomic mass is 9.83. The molecule has 0 radical (unpaired) electrons. The molecule has 1 heteroatoms. The molecule has 0 aliphatic heterocycles. The van der Waals surface area contributed by atoms with E-state index in [9.17, 15) is 0 Å². The van der Waals surface area contributed by atoms with Gasteiger partial charge in [-0.2, -0.15) is 5.26 Å². The first kappa shape index (κ1) is 6.61. The predicted octanol–water partition coefficient (Wildman–Crippen LogP) is 2.34. The van der Waals surface area contributed by atoms with Crippen LogP contribution in [0.15, 0.2) is 0 Å². The summed E-state index contributed by atoms with van der Waals surface area (Å²) in [5.41, 5.74) is 0. The summed E-state index contributed by atoms with van der Waals surface area (Å²) in [6.07, 6.45) is 4.87. The lowest BCUT2D eigenvalue weighted by Gasteiger charge is -2.20. The summed E-state index contributed by atoms with van der Waals surface area (Å²) in [5, 5.41) is 8.56. The Morgan fingerprint density at radius 3 is 2.67 bits per heavy atom.